The van der Waals surface area contributed by atoms with Crippen LogP contribution in [0.4, 0.5) is 10.5 Å². The first-order chi connectivity index (χ1) is 11.1. The van der Waals surface area contributed by atoms with Gasteiger partial charge < -0.3 is 15.7 Å². The lowest BCUT2D eigenvalue weighted by Gasteiger charge is -2.16. The summed E-state index contributed by atoms with van der Waals surface area (Å²) in [5, 5.41) is 18.9. The van der Waals surface area contributed by atoms with E-state index < -0.39 is 0 Å². The van der Waals surface area contributed by atoms with Crippen LogP contribution >= 0.6 is 0 Å². The minimum Gasteiger partial charge on any atom is -0.396 e. The van der Waals surface area contributed by atoms with Crippen molar-refractivity contribution in [1.29, 1.82) is 0 Å². The molecule has 0 spiro atoms. The van der Waals surface area contributed by atoms with Crippen LogP contribution in [0.3, 0.4) is 0 Å². The van der Waals surface area contributed by atoms with E-state index in [4.69, 9.17) is 5.11 Å². The number of amides is 2. The van der Waals surface area contributed by atoms with Crippen LogP contribution < -0.4 is 10.6 Å². The van der Waals surface area contributed by atoms with Crippen molar-refractivity contribution in [2.24, 2.45) is 0 Å². The van der Waals surface area contributed by atoms with Crippen molar-refractivity contribution in [3.8, 4) is 0 Å². The first-order valence-electron chi connectivity index (χ1n) is 7.87. The topological polar surface area (TPSA) is 79.2 Å². The Bertz CT molecular complexity index is 622. The number of urea groups is 1. The molecule has 0 saturated carbocycles. The monoisotopic (exact) mass is 316 g/mol. The fraction of sp³-hybridized carbons (Fsp3) is 0.412. The predicted molar refractivity (Wildman–Crippen MR) is 90.4 cm³/mol. The summed E-state index contributed by atoms with van der Waals surface area (Å²) in [6.07, 6.45) is 5.17. The van der Waals surface area contributed by atoms with Gasteiger partial charge in [0, 0.05) is 24.5 Å². The Morgan fingerprint density at radius 3 is 2.65 bits per heavy atom. The van der Waals surface area contributed by atoms with E-state index in [9.17, 15) is 4.79 Å². The number of anilines is 1. The Kier molecular flexibility index (Phi) is 6.17. The van der Waals surface area contributed by atoms with Crippen LogP contribution in [0, 0.1) is 6.92 Å². The van der Waals surface area contributed by atoms with Gasteiger partial charge in [0.05, 0.1) is 12.7 Å². The fourth-order valence-corrected chi connectivity index (χ4v) is 2.32. The summed E-state index contributed by atoms with van der Waals surface area (Å²) in [5.41, 5.74) is 2.99. The number of aromatic nitrogens is 2. The maximum atomic E-state index is 11.9. The fourth-order valence-electron chi connectivity index (χ4n) is 2.32. The smallest absolute Gasteiger partial charge is 0.319 e. The molecule has 0 aliphatic rings. The third-order valence-corrected chi connectivity index (χ3v) is 3.62. The van der Waals surface area contributed by atoms with Crippen molar-refractivity contribution in [3.05, 3.63) is 47.8 Å². The van der Waals surface area contributed by atoms with E-state index in [-0.39, 0.29) is 18.7 Å². The molecule has 3 N–H and O–H groups in total. The highest BCUT2D eigenvalue weighted by atomic mass is 16.3. The van der Waals surface area contributed by atoms with Gasteiger partial charge in [-0.1, -0.05) is 19.1 Å². The van der Waals surface area contributed by atoms with Crippen molar-refractivity contribution in [1.82, 2.24) is 15.1 Å². The quantitative estimate of drug-likeness (QED) is 0.734. The summed E-state index contributed by atoms with van der Waals surface area (Å²) in [5.74, 6) is 0. The van der Waals surface area contributed by atoms with Crippen LogP contribution in [-0.2, 0) is 6.54 Å². The van der Waals surface area contributed by atoms with Gasteiger partial charge in [0.15, 0.2) is 0 Å². The average Bonchev–Trinajstić information content (AvgIpc) is 2.94. The molecular formula is C17H24N4O2. The SMILES string of the molecule is CCC(CCO)NC(=O)Nc1ccc(Cn2cc(C)cn2)cc1. The van der Waals surface area contributed by atoms with E-state index in [2.05, 4.69) is 15.7 Å². The van der Waals surface area contributed by atoms with Gasteiger partial charge in [-0.2, -0.15) is 5.10 Å². The Balaban J connectivity index is 1.88. The molecular weight excluding hydrogens is 292 g/mol. The zero-order valence-corrected chi connectivity index (χ0v) is 13.6. The molecule has 0 bridgehead atoms. The molecule has 1 aromatic heterocycles. The average molecular weight is 316 g/mol. The number of hydrogen-bond donors (Lipinski definition) is 3. The normalized spacial score (nSPS) is 12.0. The number of aryl methyl sites for hydroxylation is 1. The molecule has 0 aliphatic carbocycles. The number of carbonyl (C=O) groups excluding carboxylic acids is 1. The van der Waals surface area contributed by atoms with Gasteiger partial charge in [-0.25, -0.2) is 4.79 Å². The van der Waals surface area contributed by atoms with Gasteiger partial charge in [-0.05, 0) is 43.0 Å². The summed E-state index contributed by atoms with van der Waals surface area (Å²) >= 11 is 0. The van der Waals surface area contributed by atoms with Crippen LogP contribution in [-0.4, -0.2) is 33.6 Å². The summed E-state index contributed by atoms with van der Waals surface area (Å²) < 4.78 is 1.88. The van der Waals surface area contributed by atoms with E-state index in [1.807, 2.05) is 55.2 Å². The molecule has 0 radical (unpaired) electrons. The standard InChI is InChI=1S/C17H24N4O2/c1-3-15(8-9-22)19-17(23)20-16-6-4-14(5-7-16)12-21-11-13(2)10-18-21/h4-7,10-11,15,22H,3,8-9,12H2,1-2H3,(H2,19,20,23). The Hall–Kier alpha value is -2.34. The van der Waals surface area contributed by atoms with Gasteiger partial charge in [0.25, 0.3) is 0 Å². The van der Waals surface area contributed by atoms with E-state index in [1.165, 1.54) is 0 Å². The number of benzene rings is 1. The molecule has 1 aromatic carbocycles. The third kappa shape index (κ3) is 5.41. The molecule has 0 fully saturated rings. The van der Waals surface area contributed by atoms with Crippen molar-refractivity contribution < 1.29 is 9.90 Å². The van der Waals surface area contributed by atoms with E-state index in [0.717, 1.165) is 23.2 Å². The van der Waals surface area contributed by atoms with Crippen LogP contribution in [0.2, 0.25) is 0 Å². The largest absolute Gasteiger partial charge is 0.396 e. The second kappa shape index (κ2) is 8.33. The molecule has 23 heavy (non-hydrogen) atoms. The molecule has 1 unspecified atom stereocenters. The van der Waals surface area contributed by atoms with Gasteiger partial charge >= 0.3 is 6.03 Å². The number of aliphatic hydroxyl groups excluding tert-OH is 1. The Morgan fingerprint density at radius 1 is 1.35 bits per heavy atom. The molecule has 0 saturated heterocycles. The lowest BCUT2D eigenvalue weighted by atomic mass is 10.1. The lowest BCUT2D eigenvalue weighted by molar-refractivity contribution is 0.237. The number of rotatable bonds is 7. The minimum atomic E-state index is -0.249. The van der Waals surface area contributed by atoms with Crippen molar-refractivity contribution in [3.63, 3.8) is 0 Å². The highest BCUT2D eigenvalue weighted by Crippen LogP contribution is 2.11. The van der Waals surface area contributed by atoms with Crippen LogP contribution in [0.25, 0.3) is 0 Å². The van der Waals surface area contributed by atoms with Crippen LogP contribution in [0.1, 0.15) is 30.9 Å². The molecule has 0 aliphatic heterocycles. The first kappa shape index (κ1) is 17.0. The van der Waals surface area contributed by atoms with Crippen LogP contribution in [0.15, 0.2) is 36.7 Å². The number of carbonyl (C=O) groups is 1. The second-order valence-corrected chi connectivity index (χ2v) is 5.63. The zero-order valence-electron chi connectivity index (χ0n) is 13.6. The summed E-state index contributed by atoms with van der Waals surface area (Å²) in [4.78, 5) is 11.9. The van der Waals surface area contributed by atoms with Gasteiger partial charge in [-0.3, -0.25) is 4.68 Å². The van der Waals surface area contributed by atoms with Crippen LogP contribution in [0.5, 0.6) is 0 Å². The van der Waals surface area contributed by atoms with Gasteiger partial charge in [-0.15, -0.1) is 0 Å². The first-order valence-corrected chi connectivity index (χ1v) is 7.87. The van der Waals surface area contributed by atoms with Gasteiger partial charge in [0.2, 0.25) is 0 Å². The van der Waals surface area contributed by atoms with Gasteiger partial charge in [0.1, 0.15) is 0 Å². The lowest BCUT2D eigenvalue weighted by Crippen LogP contribution is -2.38. The van der Waals surface area contributed by atoms with E-state index in [1.54, 1.807) is 0 Å². The maximum absolute atomic E-state index is 11.9. The number of nitrogens with zero attached hydrogens (tertiary/aromatic N) is 2. The predicted octanol–water partition coefficient (Wildman–Crippen LogP) is 2.52. The summed E-state index contributed by atoms with van der Waals surface area (Å²) in [6, 6.07) is 7.43. The summed E-state index contributed by atoms with van der Waals surface area (Å²) in [7, 11) is 0. The molecule has 124 valence electrons. The minimum absolute atomic E-state index is 0.0117. The third-order valence-electron chi connectivity index (χ3n) is 3.62. The van der Waals surface area contributed by atoms with Crippen molar-refractivity contribution >= 4 is 11.7 Å². The highest BCUT2D eigenvalue weighted by molar-refractivity contribution is 5.89. The zero-order chi connectivity index (χ0) is 16.7. The maximum Gasteiger partial charge on any atom is 0.319 e. The number of hydrogen-bond acceptors (Lipinski definition) is 3. The molecule has 6 nitrogen and oxygen atoms in total. The second-order valence-electron chi connectivity index (χ2n) is 5.63. The molecule has 2 rings (SSSR count). The molecule has 1 heterocycles. The molecule has 1 atom stereocenters. The van der Waals surface area contributed by atoms with Crippen molar-refractivity contribution in [2.75, 3.05) is 11.9 Å². The molecule has 6 heteroatoms. The molecule has 2 amide bonds. The highest BCUT2D eigenvalue weighted by Gasteiger charge is 2.09. The summed E-state index contributed by atoms with van der Waals surface area (Å²) in [6.45, 7) is 4.76. The number of nitrogens with one attached hydrogen (secondary N) is 2. The van der Waals surface area contributed by atoms with E-state index in [0.29, 0.717) is 13.0 Å². The Morgan fingerprint density at radius 2 is 2.09 bits per heavy atom. The molecule has 2 aromatic rings. The number of aliphatic hydroxyl groups is 1. The Labute approximate surface area is 136 Å². The van der Waals surface area contributed by atoms with E-state index >= 15 is 0 Å². The van der Waals surface area contributed by atoms with Crippen molar-refractivity contribution in [2.45, 2.75) is 39.3 Å².